The van der Waals surface area contributed by atoms with Gasteiger partial charge >= 0.3 is 0 Å². The van der Waals surface area contributed by atoms with Crippen LogP contribution in [0.5, 0.6) is 5.75 Å². The first kappa shape index (κ1) is 12.4. The second-order valence-corrected chi connectivity index (χ2v) is 4.00. The van der Waals surface area contributed by atoms with Gasteiger partial charge in [0, 0.05) is 11.6 Å². The number of methoxy groups -OCH3 is 1. The zero-order valence-electron chi connectivity index (χ0n) is 10.4. The van der Waals surface area contributed by atoms with E-state index in [0.29, 0.717) is 12.3 Å². The molecule has 0 aromatic heterocycles. The maximum absolute atomic E-state index is 12.2. The van der Waals surface area contributed by atoms with Gasteiger partial charge in [0.2, 0.25) is 5.91 Å². The van der Waals surface area contributed by atoms with Crippen molar-refractivity contribution < 1.29 is 9.53 Å². The monoisotopic (exact) mass is 245 g/mol. The van der Waals surface area contributed by atoms with Crippen molar-refractivity contribution in [2.24, 2.45) is 0 Å². The number of hydrogen-bond donors (Lipinski definition) is 1. The Kier molecular flexibility index (Phi) is 3.49. The molecule has 1 atom stereocenters. The molecule has 1 aromatic carbocycles. The third kappa shape index (κ3) is 1.91. The van der Waals surface area contributed by atoms with E-state index in [2.05, 4.69) is 5.32 Å². The lowest BCUT2D eigenvalue weighted by Gasteiger charge is -2.14. The summed E-state index contributed by atoms with van der Waals surface area (Å²) in [6.45, 7) is 2.70. The molecule has 5 nitrogen and oxygen atoms in total. The second kappa shape index (κ2) is 5.07. The van der Waals surface area contributed by atoms with E-state index in [-0.39, 0.29) is 18.5 Å². The molecule has 0 aliphatic carbocycles. The fraction of sp³-hybridized carbons (Fsp3) is 0.385. The van der Waals surface area contributed by atoms with Crippen molar-refractivity contribution in [3.8, 4) is 11.8 Å². The number of rotatable bonds is 4. The van der Waals surface area contributed by atoms with Crippen LogP contribution in [-0.4, -0.2) is 26.1 Å². The highest BCUT2D eigenvalue weighted by atomic mass is 16.5. The van der Waals surface area contributed by atoms with Gasteiger partial charge in [-0.1, -0.05) is 13.0 Å². The van der Waals surface area contributed by atoms with Crippen LogP contribution in [0.4, 0.5) is 5.69 Å². The smallest absolute Gasteiger partial charge is 0.249 e. The molecule has 94 valence electrons. The molecule has 18 heavy (non-hydrogen) atoms. The van der Waals surface area contributed by atoms with Crippen molar-refractivity contribution in [1.82, 2.24) is 5.32 Å². The Morgan fingerprint density at radius 1 is 1.56 bits per heavy atom. The minimum absolute atomic E-state index is 0.0564. The van der Waals surface area contributed by atoms with E-state index in [0.717, 1.165) is 11.3 Å². The van der Waals surface area contributed by atoms with E-state index in [1.54, 1.807) is 13.2 Å². The van der Waals surface area contributed by atoms with E-state index >= 15 is 0 Å². The zero-order chi connectivity index (χ0) is 13.1. The highest BCUT2D eigenvalue weighted by Gasteiger charge is 2.36. The average molecular weight is 245 g/mol. The molecule has 5 heteroatoms. The predicted octanol–water partition coefficient (Wildman–Crippen LogP) is 1.22. The average Bonchev–Trinajstić information content (AvgIpc) is 2.64. The van der Waals surface area contributed by atoms with Gasteiger partial charge < -0.3 is 10.1 Å². The van der Waals surface area contributed by atoms with Crippen LogP contribution in [0.25, 0.3) is 0 Å². The molecular formula is C13H15N3O2. The van der Waals surface area contributed by atoms with E-state index in [1.165, 1.54) is 4.90 Å². The lowest BCUT2D eigenvalue weighted by atomic mass is 10.1. The van der Waals surface area contributed by atoms with Crippen LogP contribution in [0.15, 0.2) is 18.2 Å². The lowest BCUT2D eigenvalue weighted by Crippen LogP contribution is -2.34. The standard InChI is InChI=1S/C13H15N3O2/c1-3-15-12-10-5-4-9(18-2)8-11(10)16(7-6-14)13(12)17/h4-5,8,12,15H,3,7H2,1-2H3. The van der Waals surface area contributed by atoms with Gasteiger partial charge in [0.05, 0.1) is 18.9 Å². The Morgan fingerprint density at radius 2 is 2.33 bits per heavy atom. The number of ether oxygens (including phenoxy) is 1. The number of anilines is 1. The minimum Gasteiger partial charge on any atom is -0.497 e. The number of nitriles is 1. The first-order valence-corrected chi connectivity index (χ1v) is 5.82. The number of hydrogen-bond acceptors (Lipinski definition) is 4. The summed E-state index contributed by atoms with van der Waals surface area (Å²) in [5.74, 6) is 0.600. The number of benzene rings is 1. The summed E-state index contributed by atoms with van der Waals surface area (Å²) in [6.07, 6.45) is 0. The van der Waals surface area contributed by atoms with Gasteiger partial charge in [0.15, 0.2) is 0 Å². The van der Waals surface area contributed by atoms with Crippen LogP contribution < -0.4 is 15.0 Å². The summed E-state index contributed by atoms with van der Waals surface area (Å²) in [5.41, 5.74) is 1.66. The summed E-state index contributed by atoms with van der Waals surface area (Å²) in [5, 5.41) is 12.0. The molecule has 1 heterocycles. The molecule has 2 rings (SSSR count). The number of likely N-dealkylation sites (N-methyl/N-ethyl adjacent to an activating group) is 1. The number of carbonyl (C=O) groups is 1. The zero-order valence-corrected chi connectivity index (χ0v) is 10.4. The van der Waals surface area contributed by atoms with Gasteiger partial charge in [-0.3, -0.25) is 9.69 Å². The van der Waals surface area contributed by atoms with Gasteiger partial charge in [-0.25, -0.2) is 0 Å². The molecule has 1 amide bonds. The quantitative estimate of drug-likeness (QED) is 0.810. The van der Waals surface area contributed by atoms with Crippen LogP contribution in [0, 0.1) is 11.3 Å². The molecule has 0 bridgehead atoms. The molecule has 1 unspecified atom stereocenters. The normalized spacial score (nSPS) is 17.5. The summed E-state index contributed by atoms with van der Waals surface area (Å²) in [4.78, 5) is 13.7. The van der Waals surface area contributed by atoms with Gasteiger partial charge in [-0.05, 0) is 12.6 Å². The topological polar surface area (TPSA) is 65.4 Å². The highest BCUT2D eigenvalue weighted by molar-refractivity contribution is 6.05. The summed E-state index contributed by atoms with van der Waals surface area (Å²) in [7, 11) is 1.58. The number of carbonyl (C=O) groups excluding carboxylic acids is 1. The first-order chi connectivity index (χ1) is 8.72. The fourth-order valence-electron chi connectivity index (χ4n) is 2.17. The maximum atomic E-state index is 12.2. The highest BCUT2D eigenvalue weighted by Crippen LogP contribution is 2.37. The van der Waals surface area contributed by atoms with Crippen molar-refractivity contribution in [1.29, 1.82) is 5.26 Å². The number of nitrogens with zero attached hydrogens (tertiary/aromatic N) is 2. The van der Waals surface area contributed by atoms with Crippen molar-refractivity contribution in [3.63, 3.8) is 0 Å². The second-order valence-electron chi connectivity index (χ2n) is 4.00. The predicted molar refractivity (Wildman–Crippen MR) is 67.4 cm³/mol. The molecule has 0 radical (unpaired) electrons. The van der Waals surface area contributed by atoms with Crippen molar-refractivity contribution in [2.75, 3.05) is 25.1 Å². The Balaban J connectivity index is 2.45. The molecule has 0 saturated heterocycles. The first-order valence-electron chi connectivity index (χ1n) is 5.82. The van der Waals surface area contributed by atoms with Gasteiger partial charge in [-0.2, -0.15) is 5.26 Å². The number of amides is 1. The van der Waals surface area contributed by atoms with Crippen molar-refractivity contribution >= 4 is 11.6 Å². The maximum Gasteiger partial charge on any atom is 0.249 e. The third-order valence-electron chi connectivity index (χ3n) is 2.99. The van der Waals surface area contributed by atoms with Crippen molar-refractivity contribution in [2.45, 2.75) is 13.0 Å². The number of fused-ring (bicyclic) bond motifs is 1. The molecule has 0 saturated carbocycles. The molecule has 0 fully saturated rings. The Labute approximate surface area is 106 Å². The summed E-state index contributed by atoms with van der Waals surface area (Å²) in [6, 6.07) is 7.15. The summed E-state index contributed by atoms with van der Waals surface area (Å²) >= 11 is 0. The SMILES string of the molecule is CCNC1C(=O)N(CC#N)c2cc(OC)ccc21. The molecule has 1 aliphatic rings. The molecule has 1 aliphatic heterocycles. The Morgan fingerprint density at radius 3 is 2.94 bits per heavy atom. The molecule has 0 spiro atoms. The molecule has 1 N–H and O–H groups in total. The minimum atomic E-state index is -0.357. The third-order valence-corrected chi connectivity index (χ3v) is 2.99. The largest absolute Gasteiger partial charge is 0.497 e. The number of nitrogens with one attached hydrogen (secondary N) is 1. The Hall–Kier alpha value is -2.06. The Bertz CT molecular complexity index is 507. The molecular weight excluding hydrogens is 230 g/mol. The van der Waals surface area contributed by atoms with Crippen LogP contribution >= 0.6 is 0 Å². The van der Waals surface area contributed by atoms with Gasteiger partial charge in [0.25, 0.3) is 0 Å². The van der Waals surface area contributed by atoms with Gasteiger partial charge in [0.1, 0.15) is 18.3 Å². The van der Waals surface area contributed by atoms with E-state index in [1.807, 2.05) is 25.1 Å². The van der Waals surface area contributed by atoms with E-state index in [9.17, 15) is 4.79 Å². The van der Waals surface area contributed by atoms with Crippen molar-refractivity contribution in [3.05, 3.63) is 23.8 Å². The van der Waals surface area contributed by atoms with Crippen LogP contribution in [0.3, 0.4) is 0 Å². The van der Waals surface area contributed by atoms with E-state index < -0.39 is 0 Å². The van der Waals surface area contributed by atoms with Crippen LogP contribution in [0.2, 0.25) is 0 Å². The lowest BCUT2D eigenvalue weighted by molar-refractivity contribution is -0.119. The fourth-order valence-corrected chi connectivity index (χ4v) is 2.17. The van der Waals surface area contributed by atoms with Crippen LogP contribution in [0.1, 0.15) is 18.5 Å². The van der Waals surface area contributed by atoms with E-state index in [4.69, 9.17) is 10.00 Å². The summed E-state index contributed by atoms with van der Waals surface area (Å²) < 4.78 is 5.16. The van der Waals surface area contributed by atoms with Crippen LogP contribution in [-0.2, 0) is 4.79 Å². The molecule has 1 aromatic rings. The van der Waals surface area contributed by atoms with Gasteiger partial charge in [-0.15, -0.1) is 0 Å².